The minimum atomic E-state index is -0.318. The van der Waals surface area contributed by atoms with Crippen molar-refractivity contribution in [1.82, 2.24) is 14.8 Å². The number of anilines is 1. The van der Waals surface area contributed by atoms with Crippen molar-refractivity contribution in [3.63, 3.8) is 0 Å². The molecule has 0 bridgehead atoms. The molecule has 26 heavy (non-hydrogen) atoms. The van der Waals surface area contributed by atoms with Gasteiger partial charge in [-0.25, -0.2) is 4.68 Å². The lowest BCUT2D eigenvalue weighted by molar-refractivity contribution is -0.116. The molecule has 0 saturated carbocycles. The van der Waals surface area contributed by atoms with Crippen LogP contribution in [0.25, 0.3) is 0 Å². The van der Waals surface area contributed by atoms with Crippen molar-refractivity contribution >= 4 is 23.1 Å². The van der Waals surface area contributed by atoms with Crippen LogP contribution < -0.4 is 5.32 Å². The second-order valence-corrected chi connectivity index (χ2v) is 7.56. The third-order valence-electron chi connectivity index (χ3n) is 5.02. The summed E-state index contributed by atoms with van der Waals surface area (Å²) in [5, 5.41) is 19.3. The highest BCUT2D eigenvalue weighted by Crippen LogP contribution is 2.44. The van der Waals surface area contributed by atoms with Crippen LogP contribution in [0, 0.1) is 0 Å². The molecule has 2 aromatic heterocycles. The zero-order valence-electron chi connectivity index (χ0n) is 13.8. The number of phenols is 1. The first kappa shape index (κ1) is 15.3. The van der Waals surface area contributed by atoms with Gasteiger partial charge in [-0.05, 0) is 35.6 Å². The van der Waals surface area contributed by atoms with Crippen LogP contribution in [0.5, 0.6) is 5.75 Å². The number of phenolic OH excluding ortho intramolecular Hbond substituents is 1. The van der Waals surface area contributed by atoms with Gasteiger partial charge in [0, 0.05) is 28.5 Å². The van der Waals surface area contributed by atoms with E-state index in [1.54, 1.807) is 28.2 Å². The van der Waals surface area contributed by atoms with E-state index in [1.165, 1.54) is 11.2 Å². The Morgan fingerprint density at radius 2 is 2.04 bits per heavy atom. The fraction of sp³-hybridized carbons (Fsp3) is 0.211. The van der Waals surface area contributed by atoms with Crippen LogP contribution in [0.15, 0.2) is 59.4 Å². The van der Waals surface area contributed by atoms with E-state index in [1.807, 2.05) is 23.6 Å². The zero-order chi connectivity index (χ0) is 17.7. The standard InChI is InChI=1S/C19H16N4O2S/c24-13-5-3-11(4-6-13)18-17-14(22-19-20-10-21-23(18)19)8-12(9-15(17)25)16-2-1-7-26-16/h1-7,10,12,18,24H,8-9H2,(H,20,21,22)/t12-,18+/m1/s1. The Kier molecular flexibility index (Phi) is 3.43. The monoisotopic (exact) mass is 364 g/mol. The number of hydrogen-bond donors (Lipinski definition) is 2. The number of carbonyl (C=O) groups is 1. The summed E-state index contributed by atoms with van der Waals surface area (Å²) >= 11 is 1.69. The SMILES string of the molecule is O=C1C[C@H](c2cccs2)CC2=C1[C@H](c1ccc(O)cc1)n1ncnc1N2. The molecule has 2 atom stereocenters. The van der Waals surface area contributed by atoms with Gasteiger partial charge in [0.2, 0.25) is 5.95 Å². The summed E-state index contributed by atoms with van der Waals surface area (Å²) in [6.45, 7) is 0. The number of nitrogens with one attached hydrogen (secondary N) is 1. The lowest BCUT2D eigenvalue weighted by Crippen LogP contribution is -2.33. The summed E-state index contributed by atoms with van der Waals surface area (Å²) in [6.07, 6.45) is 2.78. The van der Waals surface area contributed by atoms with Gasteiger partial charge >= 0.3 is 0 Å². The van der Waals surface area contributed by atoms with Crippen LogP contribution in [0.1, 0.15) is 35.2 Å². The smallest absolute Gasteiger partial charge is 0.226 e. The summed E-state index contributed by atoms with van der Waals surface area (Å²) in [5.41, 5.74) is 2.59. The lowest BCUT2D eigenvalue weighted by atomic mass is 9.80. The molecular formula is C19H16N4O2S. The molecule has 5 rings (SSSR count). The normalized spacial score (nSPS) is 21.9. The summed E-state index contributed by atoms with van der Waals surface area (Å²) < 4.78 is 1.74. The topological polar surface area (TPSA) is 80.0 Å². The van der Waals surface area contributed by atoms with Crippen LogP contribution in [0.2, 0.25) is 0 Å². The highest BCUT2D eigenvalue weighted by Gasteiger charge is 2.39. The van der Waals surface area contributed by atoms with E-state index < -0.39 is 0 Å². The predicted molar refractivity (Wildman–Crippen MR) is 98.2 cm³/mol. The molecule has 1 aliphatic carbocycles. The Balaban J connectivity index is 1.62. The summed E-state index contributed by atoms with van der Waals surface area (Å²) in [7, 11) is 0. The van der Waals surface area contributed by atoms with Gasteiger partial charge in [0.25, 0.3) is 0 Å². The Morgan fingerprint density at radius 3 is 2.81 bits per heavy atom. The Bertz CT molecular complexity index is 1000. The number of benzene rings is 1. The predicted octanol–water partition coefficient (Wildman–Crippen LogP) is 3.46. The zero-order valence-corrected chi connectivity index (χ0v) is 14.6. The van der Waals surface area contributed by atoms with E-state index in [0.29, 0.717) is 12.4 Å². The second-order valence-electron chi connectivity index (χ2n) is 6.58. The first-order chi connectivity index (χ1) is 12.7. The van der Waals surface area contributed by atoms with E-state index >= 15 is 0 Å². The van der Waals surface area contributed by atoms with Gasteiger partial charge in [0.05, 0.1) is 0 Å². The van der Waals surface area contributed by atoms with E-state index in [2.05, 4.69) is 21.5 Å². The molecule has 1 aromatic carbocycles. The Hall–Kier alpha value is -2.93. The van der Waals surface area contributed by atoms with Gasteiger partial charge in [0.1, 0.15) is 18.1 Å². The van der Waals surface area contributed by atoms with Gasteiger partial charge in [0.15, 0.2) is 5.78 Å². The number of allylic oxidation sites excluding steroid dienone is 2. The number of aromatic nitrogens is 3. The van der Waals surface area contributed by atoms with Crippen LogP contribution in [0.4, 0.5) is 5.95 Å². The molecule has 3 aromatic rings. The third-order valence-corrected chi connectivity index (χ3v) is 6.05. The van der Waals surface area contributed by atoms with E-state index in [9.17, 15) is 9.90 Å². The lowest BCUT2D eigenvalue weighted by Gasteiger charge is -2.34. The minimum absolute atomic E-state index is 0.136. The number of ketones is 1. The van der Waals surface area contributed by atoms with Crippen LogP contribution in [0.3, 0.4) is 0 Å². The fourth-order valence-corrected chi connectivity index (χ4v) is 4.67. The first-order valence-electron chi connectivity index (χ1n) is 8.46. The van der Waals surface area contributed by atoms with E-state index in [0.717, 1.165) is 23.3 Å². The van der Waals surface area contributed by atoms with Gasteiger partial charge in [-0.15, -0.1) is 11.3 Å². The molecule has 0 radical (unpaired) electrons. The van der Waals surface area contributed by atoms with Crippen molar-refractivity contribution in [3.8, 4) is 5.75 Å². The van der Waals surface area contributed by atoms with Gasteiger partial charge in [-0.1, -0.05) is 18.2 Å². The van der Waals surface area contributed by atoms with Crippen LogP contribution in [-0.4, -0.2) is 25.7 Å². The van der Waals surface area contributed by atoms with Crippen molar-refractivity contribution in [3.05, 3.63) is 69.8 Å². The maximum Gasteiger partial charge on any atom is 0.226 e. The summed E-state index contributed by atoms with van der Waals surface area (Å²) in [4.78, 5) is 18.7. The maximum absolute atomic E-state index is 13.1. The highest BCUT2D eigenvalue weighted by atomic mass is 32.1. The van der Waals surface area contributed by atoms with E-state index in [4.69, 9.17) is 0 Å². The molecule has 0 fully saturated rings. The highest BCUT2D eigenvalue weighted by molar-refractivity contribution is 7.10. The number of rotatable bonds is 2. The van der Waals surface area contributed by atoms with Crippen LogP contribution >= 0.6 is 11.3 Å². The molecule has 130 valence electrons. The molecule has 3 heterocycles. The van der Waals surface area contributed by atoms with Crippen molar-refractivity contribution in [2.24, 2.45) is 0 Å². The average Bonchev–Trinajstić information content (AvgIpc) is 3.32. The maximum atomic E-state index is 13.1. The summed E-state index contributed by atoms with van der Waals surface area (Å²) in [6, 6.07) is 10.7. The quantitative estimate of drug-likeness (QED) is 0.728. The van der Waals surface area contributed by atoms with Gasteiger partial charge in [-0.2, -0.15) is 10.1 Å². The van der Waals surface area contributed by atoms with Crippen molar-refractivity contribution in [2.45, 2.75) is 24.8 Å². The molecular weight excluding hydrogens is 348 g/mol. The molecule has 2 aliphatic rings. The van der Waals surface area contributed by atoms with Crippen molar-refractivity contribution < 1.29 is 9.90 Å². The minimum Gasteiger partial charge on any atom is -0.508 e. The molecule has 0 unspecified atom stereocenters. The number of Topliss-reactive ketones (excluding diaryl/α,β-unsaturated/α-hetero) is 1. The number of carbonyl (C=O) groups excluding carboxylic acids is 1. The molecule has 6 nitrogen and oxygen atoms in total. The summed E-state index contributed by atoms with van der Waals surface area (Å²) in [5.74, 6) is 1.17. The van der Waals surface area contributed by atoms with Crippen LogP contribution in [-0.2, 0) is 4.79 Å². The van der Waals surface area contributed by atoms with Gasteiger partial charge < -0.3 is 10.4 Å². The number of aromatic hydroxyl groups is 1. The molecule has 2 N–H and O–H groups in total. The molecule has 0 saturated heterocycles. The van der Waals surface area contributed by atoms with Crippen molar-refractivity contribution in [1.29, 1.82) is 0 Å². The molecule has 1 aliphatic heterocycles. The number of hydrogen-bond acceptors (Lipinski definition) is 6. The largest absolute Gasteiger partial charge is 0.508 e. The van der Waals surface area contributed by atoms with Crippen molar-refractivity contribution in [2.75, 3.05) is 5.32 Å². The fourth-order valence-electron chi connectivity index (χ4n) is 3.84. The van der Waals surface area contributed by atoms with E-state index in [-0.39, 0.29) is 23.5 Å². The van der Waals surface area contributed by atoms with Gasteiger partial charge in [-0.3, -0.25) is 4.79 Å². The molecule has 7 heteroatoms. The second kappa shape index (κ2) is 5.81. The first-order valence-corrected chi connectivity index (χ1v) is 9.34. The Morgan fingerprint density at radius 1 is 1.19 bits per heavy atom. The third kappa shape index (κ3) is 2.35. The molecule has 0 amide bonds. The Labute approximate surface area is 153 Å². The number of fused-ring (bicyclic) bond motifs is 1. The number of thiophene rings is 1. The average molecular weight is 364 g/mol. The molecule has 0 spiro atoms. The number of nitrogens with zero attached hydrogens (tertiary/aromatic N) is 3.